The Morgan fingerprint density at radius 2 is 2.03 bits per heavy atom. The van der Waals surface area contributed by atoms with Gasteiger partial charge >= 0.3 is 0 Å². The summed E-state index contributed by atoms with van der Waals surface area (Å²) in [6.45, 7) is 7.39. The molecule has 0 radical (unpaired) electrons. The molecule has 4 N–H and O–H groups in total. The van der Waals surface area contributed by atoms with Gasteiger partial charge in [0.25, 0.3) is 5.91 Å². The van der Waals surface area contributed by atoms with E-state index in [4.69, 9.17) is 0 Å². The van der Waals surface area contributed by atoms with Crippen molar-refractivity contribution in [2.24, 2.45) is 5.92 Å². The number of anilines is 3. The molecule has 32 heavy (non-hydrogen) atoms. The summed E-state index contributed by atoms with van der Waals surface area (Å²) in [5, 5.41) is 18.9. The largest absolute Gasteiger partial charge is 0.387 e. The topological polar surface area (TPSA) is 99.2 Å². The van der Waals surface area contributed by atoms with Gasteiger partial charge in [-0.2, -0.15) is 0 Å². The second kappa shape index (κ2) is 10.2. The molecule has 172 valence electrons. The van der Waals surface area contributed by atoms with Crippen molar-refractivity contribution in [3.05, 3.63) is 41.5 Å². The maximum absolute atomic E-state index is 14.1. The third-order valence-corrected chi connectivity index (χ3v) is 5.79. The van der Waals surface area contributed by atoms with Gasteiger partial charge < -0.3 is 21.1 Å². The number of nitrogens with one attached hydrogen (secondary N) is 3. The van der Waals surface area contributed by atoms with Crippen molar-refractivity contribution in [1.29, 1.82) is 0 Å². The third-order valence-electron chi connectivity index (χ3n) is 5.00. The van der Waals surface area contributed by atoms with Gasteiger partial charge in [-0.15, -0.1) is 11.3 Å². The zero-order valence-corrected chi connectivity index (χ0v) is 19.6. The molecule has 0 aliphatic rings. The maximum atomic E-state index is 14.1. The van der Waals surface area contributed by atoms with Gasteiger partial charge in [0.1, 0.15) is 12.0 Å². The number of amides is 1. The second-order valence-corrected chi connectivity index (χ2v) is 9.60. The van der Waals surface area contributed by atoms with Crippen LogP contribution in [0.15, 0.2) is 36.0 Å². The summed E-state index contributed by atoms with van der Waals surface area (Å²) in [4.78, 5) is 21.4. The molecule has 3 aromatic rings. The average molecular weight is 460 g/mol. The van der Waals surface area contributed by atoms with Gasteiger partial charge in [0.2, 0.25) is 0 Å². The highest BCUT2D eigenvalue weighted by molar-refractivity contribution is 7.16. The first kappa shape index (κ1) is 23.9. The van der Waals surface area contributed by atoms with Crippen LogP contribution in [0.5, 0.6) is 0 Å². The molecule has 1 amide bonds. The number of fused-ring (bicyclic) bond motifs is 1. The van der Waals surface area contributed by atoms with Crippen LogP contribution in [-0.4, -0.2) is 45.8 Å². The standard InChI is InChI=1S/C23H30FN5O2S/c1-14(2)7-8-25-18-10-21(29-15-5-6-17-19(9-15)32-13-28-17)26-11-16(18)22(30)27-12-20(24)23(3,4)31/h5-6,9-11,13-14,20,31H,7-8,12H2,1-4H3,(H,27,30)(H2,25,26,29). The van der Waals surface area contributed by atoms with E-state index >= 15 is 0 Å². The Morgan fingerprint density at radius 3 is 2.75 bits per heavy atom. The number of hydrogen-bond acceptors (Lipinski definition) is 7. The SMILES string of the molecule is CC(C)CCNc1cc(Nc2ccc3ncsc3c2)ncc1C(=O)NCC(F)C(C)(C)O. The molecule has 2 aromatic heterocycles. The van der Waals surface area contributed by atoms with E-state index < -0.39 is 17.7 Å². The molecule has 0 bridgehead atoms. The Kier molecular flexibility index (Phi) is 7.63. The molecular weight excluding hydrogens is 429 g/mol. The molecule has 0 saturated carbocycles. The lowest BCUT2D eigenvalue weighted by molar-refractivity contribution is -0.00177. The lowest BCUT2D eigenvalue weighted by Gasteiger charge is -2.22. The van der Waals surface area contributed by atoms with Gasteiger partial charge in [0.15, 0.2) is 0 Å². The van der Waals surface area contributed by atoms with Gasteiger partial charge in [-0.1, -0.05) is 13.8 Å². The zero-order valence-electron chi connectivity index (χ0n) is 18.8. The zero-order chi connectivity index (χ0) is 23.3. The number of benzene rings is 1. The number of carbonyl (C=O) groups is 1. The summed E-state index contributed by atoms with van der Waals surface area (Å²) in [7, 11) is 0. The number of halogens is 1. The van der Waals surface area contributed by atoms with Gasteiger partial charge in [-0.25, -0.2) is 14.4 Å². The van der Waals surface area contributed by atoms with E-state index in [0.717, 1.165) is 22.3 Å². The van der Waals surface area contributed by atoms with Crippen LogP contribution in [0.4, 0.5) is 21.6 Å². The Morgan fingerprint density at radius 1 is 1.25 bits per heavy atom. The van der Waals surface area contributed by atoms with Crippen LogP contribution in [0.3, 0.4) is 0 Å². The molecule has 0 saturated heterocycles. The second-order valence-electron chi connectivity index (χ2n) is 8.72. The van der Waals surface area contributed by atoms with Gasteiger partial charge in [-0.3, -0.25) is 4.79 Å². The first-order valence-electron chi connectivity index (χ1n) is 10.6. The fraction of sp³-hybridized carbons (Fsp3) is 0.435. The van der Waals surface area contributed by atoms with Crippen LogP contribution in [0.1, 0.15) is 44.5 Å². The van der Waals surface area contributed by atoms with Crippen molar-refractivity contribution in [3.63, 3.8) is 0 Å². The molecule has 0 spiro atoms. The number of nitrogens with zero attached hydrogens (tertiary/aromatic N) is 2. The first-order valence-corrected chi connectivity index (χ1v) is 11.5. The number of aromatic nitrogens is 2. The number of carbonyl (C=O) groups excluding carboxylic acids is 1. The van der Waals surface area contributed by atoms with Gasteiger partial charge in [0.05, 0.1) is 39.1 Å². The predicted molar refractivity (Wildman–Crippen MR) is 129 cm³/mol. The molecule has 1 unspecified atom stereocenters. The molecule has 7 nitrogen and oxygen atoms in total. The number of thiazole rings is 1. The molecule has 0 aliphatic heterocycles. The lowest BCUT2D eigenvalue weighted by Crippen LogP contribution is -2.42. The van der Waals surface area contributed by atoms with Crippen molar-refractivity contribution in [2.75, 3.05) is 23.7 Å². The summed E-state index contributed by atoms with van der Waals surface area (Å²) in [6.07, 6.45) is 0.816. The summed E-state index contributed by atoms with van der Waals surface area (Å²) < 4.78 is 15.1. The van der Waals surface area contributed by atoms with E-state index in [1.807, 2.05) is 18.2 Å². The van der Waals surface area contributed by atoms with Gasteiger partial charge in [0, 0.05) is 24.5 Å². The van der Waals surface area contributed by atoms with E-state index in [0.29, 0.717) is 29.5 Å². The van der Waals surface area contributed by atoms with E-state index in [1.165, 1.54) is 20.0 Å². The maximum Gasteiger partial charge on any atom is 0.255 e. The number of hydrogen-bond donors (Lipinski definition) is 4. The van der Waals surface area contributed by atoms with Crippen LogP contribution in [0, 0.1) is 5.92 Å². The number of aliphatic hydroxyl groups is 1. The van der Waals surface area contributed by atoms with Gasteiger partial charge in [-0.05, 0) is 44.4 Å². The minimum absolute atomic E-state index is 0.289. The van der Waals surface area contributed by atoms with Crippen LogP contribution in [-0.2, 0) is 0 Å². The normalized spacial score (nSPS) is 12.7. The summed E-state index contributed by atoms with van der Waals surface area (Å²) in [6, 6.07) is 7.64. The predicted octanol–water partition coefficient (Wildman–Crippen LogP) is 4.73. The molecule has 0 aliphatic carbocycles. The third kappa shape index (κ3) is 6.37. The summed E-state index contributed by atoms with van der Waals surface area (Å²) >= 11 is 1.56. The lowest BCUT2D eigenvalue weighted by atomic mass is 10.0. The van der Waals surface area contributed by atoms with Crippen molar-refractivity contribution in [1.82, 2.24) is 15.3 Å². The highest BCUT2D eigenvalue weighted by Gasteiger charge is 2.27. The van der Waals surface area contributed by atoms with E-state index in [-0.39, 0.29) is 6.54 Å². The monoisotopic (exact) mass is 459 g/mol. The van der Waals surface area contributed by atoms with Crippen LogP contribution >= 0.6 is 11.3 Å². The molecule has 3 rings (SSSR count). The Labute approximate surface area is 191 Å². The fourth-order valence-electron chi connectivity index (χ4n) is 2.95. The van der Waals surface area contributed by atoms with Crippen LogP contribution in [0.25, 0.3) is 10.2 Å². The smallest absolute Gasteiger partial charge is 0.255 e. The Bertz CT molecular complexity index is 1060. The van der Waals surface area contributed by atoms with Crippen LogP contribution in [0.2, 0.25) is 0 Å². The average Bonchev–Trinajstić information content (AvgIpc) is 3.19. The van der Waals surface area contributed by atoms with Crippen molar-refractivity contribution in [3.8, 4) is 0 Å². The molecule has 9 heteroatoms. The molecule has 2 heterocycles. The van der Waals surface area contributed by atoms with E-state index in [1.54, 1.807) is 22.9 Å². The molecule has 1 aromatic carbocycles. The first-order chi connectivity index (χ1) is 15.1. The fourth-order valence-corrected chi connectivity index (χ4v) is 3.67. The number of rotatable bonds is 10. The Balaban J connectivity index is 1.78. The Hall–Kier alpha value is -2.78. The van der Waals surface area contributed by atoms with E-state index in [2.05, 4.69) is 39.8 Å². The van der Waals surface area contributed by atoms with Crippen LogP contribution < -0.4 is 16.0 Å². The highest BCUT2D eigenvalue weighted by atomic mass is 32.1. The van der Waals surface area contributed by atoms with Crippen molar-refractivity contribution in [2.45, 2.75) is 45.9 Å². The van der Waals surface area contributed by atoms with Crippen molar-refractivity contribution >= 4 is 44.7 Å². The van der Waals surface area contributed by atoms with E-state index in [9.17, 15) is 14.3 Å². The summed E-state index contributed by atoms with van der Waals surface area (Å²) in [5.41, 5.74) is 3.00. The number of pyridine rings is 1. The molecule has 0 fully saturated rings. The highest BCUT2D eigenvalue weighted by Crippen LogP contribution is 2.26. The molecular formula is C23H30FN5O2S. The quantitative estimate of drug-likeness (QED) is 0.350. The van der Waals surface area contributed by atoms with Crippen molar-refractivity contribution < 1.29 is 14.3 Å². The minimum Gasteiger partial charge on any atom is -0.387 e. The summed E-state index contributed by atoms with van der Waals surface area (Å²) in [5.74, 6) is 0.635. The molecule has 1 atom stereocenters. The minimum atomic E-state index is -1.58. The number of alkyl halides is 1.